The second-order valence-corrected chi connectivity index (χ2v) is 7.87. The highest BCUT2D eigenvalue weighted by Gasteiger charge is 2.17. The van der Waals surface area contributed by atoms with Crippen molar-refractivity contribution < 1.29 is 4.39 Å². The topological polar surface area (TPSA) is 49.3 Å². The Morgan fingerprint density at radius 2 is 1.76 bits per heavy atom. The largest absolute Gasteiger partial charge is 0.356 e. The summed E-state index contributed by atoms with van der Waals surface area (Å²) < 4.78 is 12.9. The maximum absolute atomic E-state index is 12.9. The van der Waals surface area contributed by atoms with Crippen LogP contribution in [0.3, 0.4) is 0 Å². The van der Waals surface area contributed by atoms with E-state index in [-0.39, 0.29) is 11.2 Å². The summed E-state index contributed by atoms with van der Waals surface area (Å²) in [5, 5.41) is 9.87. The summed E-state index contributed by atoms with van der Waals surface area (Å²) in [6.07, 6.45) is 1.70. The van der Waals surface area contributed by atoms with Crippen molar-refractivity contribution in [1.29, 1.82) is 0 Å². The zero-order valence-corrected chi connectivity index (χ0v) is 16.2. The van der Waals surface area contributed by atoms with Crippen molar-refractivity contribution in [2.45, 2.75) is 39.0 Å². The molecule has 0 saturated heterocycles. The highest BCUT2D eigenvalue weighted by molar-refractivity contribution is 7.09. The van der Waals surface area contributed by atoms with Crippen LogP contribution in [-0.4, -0.2) is 31.1 Å². The monoisotopic (exact) mass is 362 g/mol. The van der Waals surface area contributed by atoms with Crippen LogP contribution in [0.5, 0.6) is 0 Å². The van der Waals surface area contributed by atoms with Crippen molar-refractivity contribution in [1.82, 2.24) is 15.6 Å². The number of benzene rings is 1. The Labute approximate surface area is 153 Å². The van der Waals surface area contributed by atoms with Crippen molar-refractivity contribution >= 4 is 17.3 Å². The molecular formula is C19H27FN4S. The standard InChI is InChI=1S/C19H27FN4S/c1-19(2,3)16-13-25-17(24-16)10-12-23-18(21-4)22-11-9-14-5-7-15(20)8-6-14/h5-8,13H,9-12H2,1-4H3,(H2,21,22,23). The highest BCUT2D eigenvalue weighted by atomic mass is 32.1. The van der Waals surface area contributed by atoms with Gasteiger partial charge in [-0.1, -0.05) is 32.9 Å². The number of aliphatic imine (C=N–C) groups is 1. The molecule has 0 saturated carbocycles. The first kappa shape index (κ1) is 19.4. The first-order valence-electron chi connectivity index (χ1n) is 8.52. The zero-order valence-electron chi connectivity index (χ0n) is 15.4. The van der Waals surface area contributed by atoms with Crippen LogP contribution in [0, 0.1) is 5.82 Å². The van der Waals surface area contributed by atoms with Gasteiger partial charge < -0.3 is 10.6 Å². The number of thiazole rings is 1. The molecule has 1 aromatic heterocycles. The molecule has 0 spiro atoms. The molecule has 0 aliphatic rings. The van der Waals surface area contributed by atoms with E-state index in [4.69, 9.17) is 4.98 Å². The van der Waals surface area contributed by atoms with E-state index in [2.05, 4.69) is 41.8 Å². The van der Waals surface area contributed by atoms with Crippen LogP contribution < -0.4 is 10.6 Å². The lowest BCUT2D eigenvalue weighted by atomic mass is 9.93. The van der Waals surface area contributed by atoms with E-state index in [9.17, 15) is 4.39 Å². The zero-order chi connectivity index (χ0) is 18.3. The number of nitrogens with one attached hydrogen (secondary N) is 2. The molecule has 0 atom stereocenters. The molecule has 0 aliphatic heterocycles. The summed E-state index contributed by atoms with van der Waals surface area (Å²) in [4.78, 5) is 8.93. The van der Waals surface area contributed by atoms with Gasteiger partial charge in [-0.15, -0.1) is 11.3 Å². The van der Waals surface area contributed by atoms with Crippen molar-refractivity contribution in [3.63, 3.8) is 0 Å². The number of aromatic nitrogens is 1. The number of guanidine groups is 1. The van der Waals surface area contributed by atoms with Gasteiger partial charge in [-0.3, -0.25) is 4.99 Å². The van der Waals surface area contributed by atoms with Crippen LogP contribution in [-0.2, 0) is 18.3 Å². The number of hydrogen-bond donors (Lipinski definition) is 2. The summed E-state index contributed by atoms with van der Waals surface area (Å²) in [5.74, 6) is 0.570. The fourth-order valence-electron chi connectivity index (χ4n) is 2.25. The van der Waals surface area contributed by atoms with E-state index < -0.39 is 0 Å². The fraction of sp³-hybridized carbons (Fsp3) is 0.474. The molecule has 0 radical (unpaired) electrons. The predicted octanol–water partition coefficient (Wildman–Crippen LogP) is 3.53. The molecule has 0 aliphatic carbocycles. The molecule has 6 heteroatoms. The lowest BCUT2D eigenvalue weighted by Crippen LogP contribution is -2.39. The van der Waals surface area contributed by atoms with Crippen LogP contribution in [0.25, 0.3) is 0 Å². The molecule has 0 fully saturated rings. The van der Waals surface area contributed by atoms with Crippen molar-refractivity contribution in [3.8, 4) is 0 Å². The van der Waals surface area contributed by atoms with Gasteiger partial charge in [-0.2, -0.15) is 0 Å². The Morgan fingerprint density at radius 1 is 1.12 bits per heavy atom. The Kier molecular flexibility index (Phi) is 6.93. The molecule has 0 amide bonds. The molecule has 136 valence electrons. The number of hydrogen-bond acceptors (Lipinski definition) is 3. The summed E-state index contributed by atoms with van der Waals surface area (Å²) in [5.41, 5.74) is 2.34. The van der Waals surface area contributed by atoms with Crippen LogP contribution in [0.15, 0.2) is 34.6 Å². The molecule has 0 bridgehead atoms. The smallest absolute Gasteiger partial charge is 0.191 e. The molecule has 0 unspecified atom stereocenters. The lowest BCUT2D eigenvalue weighted by molar-refractivity contribution is 0.570. The lowest BCUT2D eigenvalue weighted by Gasteiger charge is -2.14. The van der Waals surface area contributed by atoms with E-state index >= 15 is 0 Å². The summed E-state index contributed by atoms with van der Waals surface area (Å²) in [6, 6.07) is 6.59. The van der Waals surface area contributed by atoms with Gasteiger partial charge in [0.1, 0.15) is 5.82 Å². The van der Waals surface area contributed by atoms with Gasteiger partial charge in [0, 0.05) is 37.4 Å². The van der Waals surface area contributed by atoms with Gasteiger partial charge in [-0.25, -0.2) is 9.37 Å². The number of rotatable bonds is 6. The Morgan fingerprint density at radius 3 is 2.32 bits per heavy atom. The van der Waals surface area contributed by atoms with Crippen LogP contribution >= 0.6 is 11.3 Å². The van der Waals surface area contributed by atoms with E-state index in [0.29, 0.717) is 0 Å². The Balaban J connectivity index is 1.71. The molecule has 2 rings (SSSR count). The second kappa shape index (κ2) is 8.94. The minimum absolute atomic E-state index is 0.0973. The number of halogens is 1. The maximum Gasteiger partial charge on any atom is 0.191 e. The number of nitrogens with zero attached hydrogens (tertiary/aromatic N) is 2. The van der Waals surface area contributed by atoms with Crippen LogP contribution in [0.4, 0.5) is 4.39 Å². The molecule has 25 heavy (non-hydrogen) atoms. The van der Waals surface area contributed by atoms with Crippen molar-refractivity contribution in [2.75, 3.05) is 20.1 Å². The quantitative estimate of drug-likeness (QED) is 0.610. The third-order valence-corrected chi connectivity index (χ3v) is 4.70. The highest BCUT2D eigenvalue weighted by Crippen LogP contribution is 2.23. The minimum Gasteiger partial charge on any atom is -0.356 e. The van der Waals surface area contributed by atoms with Gasteiger partial charge in [0.25, 0.3) is 0 Å². The predicted molar refractivity (Wildman–Crippen MR) is 104 cm³/mol. The average molecular weight is 363 g/mol. The average Bonchev–Trinajstić information content (AvgIpc) is 3.04. The minimum atomic E-state index is -0.203. The van der Waals surface area contributed by atoms with Gasteiger partial charge in [0.15, 0.2) is 5.96 Å². The van der Waals surface area contributed by atoms with Crippen molar-refractivity contribution in [3.05, 3.63) is 51.7 Å². The SMILES string of the molecule is CN=C(NCCc1ccc(F)cc1)NCCc1nc(C(C)(C)C)cs1. The van der Waals surface area contributed by atoms with Gasteiger partial charge in [-0.05, 0) is 24.1 Å². The van der Waals surface area contributed by atoms with E-state index in [0.717, 1.165) is 48.2 Å². The summed E-state index contributed by atoms with van der Waals surface area (Å²) >= 11 is 1.71. The van der Waals surface area contributed by atoms with E-state index in [1.54, 1.807) is 18.4 Å². The summed E-state index contributed by atoms with van der Waals surface area (Å²) in [7, 11) is 1.76. The fourth-order valence-corrected chi connectivity index (χ4v) is 3.28. The molecular weight excluding hydrogens is 335 g/mol. The van der Waals surface area contributed by atoms with Crippen molar-refractivity contribution in [2.24, 2.45) is 4.99 Å². The van der Waals surface area contributed by atoms with E-state index in [1.165, 1.54) is 12.1 Å². The van der Waals surface area contributed by atoms with Gasteiger partial charge in [0.05, 0.1) is 10.7 Å². The first-order valence-corrected chi connectivity index (χ1v) is 9.40. The molecule has 1 heterocycles. The maximum atomic E-state index is 12.9. The van der Waals surface area contributed by atoms with Gasteiger partial charge in [0.2, 0.25) is 0 Å². The molecule has 1 aromatic carbocycles. The second-order valence-electron chi connectivity index (χ2n) is 6.93. The third-order valence-electron chi connectivity index (χ3n) is 3.79. The van der Waals surface area contributed by atoms with Crippen LogP contribution in [0.2, 0.25) is 0 Å². The first-order chi connectivity index (χ1) is 11.9. The Hall–Kier alpha value is -1.95. The van der Waals surface area contributed by atoms with Crippen LogP contribution in [0.1, 0.15) is 37.0 Å². The summed E-state index contributed by atoms with van der Waals surface area (Å²) in [6.45, 7) is 8.06. The molecule has 2 N–H and O–H groups in total. The van der Waals surface area contributed by atoms with Gasteiger partial charge >= 0.3 is 0 Å². The normalized spacial score (nSPS) is 12.3. The molecule has 2 aromatic rings. The Bertz CT molecular complexity index is 686. The van der Waals surface area contributed by atoms with E-state index in [1.807, 2.05) is 12.1 Å². The molecule has 4 nitrogen and oxygen atoms in total. The third kappa shape index (κ3) is 6.46.